The summed E-state index contributed by atoms with van der Waals surface area (Å²) in [5, 5.41) is 12.8. The van der Waals surface area contributed by atoms with E-state index in [1.54, 1.807) is 18.3 Å². The summed E-state index contributed by atoms with van der Waals surface area (Å²) in [4.78, 5) is 18.4. The van der Waals surface area contributed by atoms with Crippen LogP contribution < -0.4 is 5.32 Å². The van der Waals surface area contributed by atoms with Gasteiger partial charge in [0.1, 0.15) is 11.3 Å². The van der Waals surface area contributed by atoms with Gasteiger partial charge in [-0.05, 0) is 57.0 Å². The molecule has 7 heteroatoms. The quantitative estimate of drug-likeness (QED) is 0.516. The number of pyridine rings is 1. The highest BCUT2D eigenvalue weighted by molar-refractivity contribution is 5.85. The van der Waals surface area contributed by atoms with E-state index in [4.69, 9.17) is 9.97 Å². The van der Waals surface area contributed by atoms with Crippen molar-refractivity contribution in [3.05, 3.63) is 60.2 Å². The van der Waals surface area contributed by atoms with Crippen LogP contribution in [0.3, 0.4) is 0 Å². The Labute approximate surface area is 169 Å². The van der Waals surface area contributed by atoms with E-state index in [1.807, 2.05) is 42.1 Å². The molecule has 0 saturated heterocycles. The fourth-order valence-corrected chi connectivity index (χ4v) is 3.13. The van der Waals surface area contributed by atoms with Crippen LogP contribution in [0, 0.1) is 6.92 Å². The zero-order valence-electron chi connectivity index (χ0n) is 16.8. The Kier molecular flexibility index (Phi) is 5.12. The number of aromatic hydroxyl groups is 1. The Morgan fingerprint density at radius 2 is 1.83 bits per heavy atom. The molecule has 0 aliphatic carbocycles. The Morgan fingerprint density at radius 3 is 2.52 bits per heavy atom. The number of benzene rings is 1. The summed E-state index contributed by atoms with van der Waals surface area (Å²) in [7, 11) is 0. The average molecular weight is 388 g/mol. The number of anilines is 1. The average Bonchev–Trinajstić information content (AvgIpc) is 3.14. The molecule has 4 rings (SSSR count). The monoisotopic (exact) mass is 388 g/mol. The van der Waals surface area contributed by atoms with Crippen LogP contribution in [0.25, 0.3) is 22.6 Å². The molecule has 4 aromatic rings. The van der Waals surface area contributed by atoms with Gasteiger partial charge in [-0.15, -0.1) is 0 Å². The van der Waals surface area contributed by atoms with Crippen LogP contribution in [0.2, 0.25) is 0 Å². The van der Waals surface area contributed by atoms with Crippen molar-refractivity contribution in [1.82, 2.24) is 24.5 Å². The summed E-state index contributed by atoms with van der Waals surface area (Å²) in [5.74, 6) is 1.61. The summed E-state index contributed by atoms with van der Waals surface area (Å²) in [6.07, 6.45) is 4.41. The van der Waals surface area contributed by atoms with Crippen LogP contribution in [0.15, 0.2) is 48.9 Å². The second kappa shape index (κ2) is 7.87. The zero-order valence-corrected chi connectivity index (χ0v) is 16.8. The Morgan fingerprint density at radius 1 is 1.03 bits per heavy atom. The SMILES string of the molecule is Cc1ccc(-c2nc(NCCc3ccc(O)cc3)c3ncn(C(C)C)c3n2)cn1. The molecule has 3 aromatic heterocycles. The van der Waals surface area contributed by atoms with Gasteiger partial charge in [0.05, 0.1) is 6.33 Å². The molecular weight excluding hydrogens is 364 g/mol. The van der Waals surface area contributed by atoms with Gasteiger partial charge >= 0.3 is 0 Å². The van der Waals surface area contributed by atoms with E-state index in [0.717, 1.165) is 34.4 Å². The summed E-state index contributed by atoms with van der Waals surface area (Å²) in [6.45, 7) is 6.86. The van der Waals surface area contributed by atoms with Crippen molar-refractivity contribution in [2.45, 2.75) is 33.2 Å². The Hall–Kier alpha value is -3.48. The minimum absolute atomic E-state index is 0.240. The standard InChI is InChI=1S/C22H24N6O/c1-14(2)28-13-25-19-21(23-11-10-16-5-8-18(29)9-6-16)26-20(27-22(19)28)17-7-4-15(3)24-12-17/h4-9,12-14,29H,10-11H2,1-3H3,(H,23,26,27). The van der Waals surface area contributed by atoms with Gasteiger partial charge < -0.3 is 15.0 Å². The maximum absolute atomic E-state index is 9.43. The third-order valence-electron chi connectivity index (χ3n) is 4.79. The van der Waals surface area contributed by atoms with Gasteiger partial charge in [0.15, 0.2) is 17.3 Å². The number of fused-ring (bicyclic) bond motifs is 1. The maximum Gasteiger partial charge on any atom is 0.166 e. The summed E-state index contributed by atoms with van der Waals surface area (Å²) in [6, 6.07) is 11.4. The minimum Gasteiger partial charge on any atom is -0.508 e. The van der Waals surface area contributed by atoms with E-state index >= 15 is 0 Å². The largest absolute Gasteiger partial charge is 0.508 e. The van der Waals surface area contributed by atoms with Gasteiger partial charge in [0.25, 0.3) is 0 Å². The zero-order chi connectivity index (χ0) is 20.4. The van der Waals surface area contributed by atoms with Crippen molar-refractivity contribution in [3.63, 3.8) is 0 Å². The molecular formula is C22H24N6O. The van der Waals surface area contributed by atoms with E-state index in [9.17, 15) is 5.11 Å². The molecule has 29 heavy (non-hydrogen) atoms. The first-order valence-corrected chi connectivity index (χ1v) is 9.70. The van der Waals surface area contributed by atoms with Crippen molar-refractivity contribution in [2.75, 3.05) is 11.9 Å². The molecule has 0 aliphatic heterocycles. The molecule has 2 N–H and O–H groups in total. The topological polar surface area (TPSA) is 88.8 Å². The van der Waals surface area contributed by atoms with Gasteiger partial charge in [-0.1, -0.05) is 12.1 Å². The van der Waals surface area contributed by atoms with Crippen LogP contribution in [-0.2, 0) is 6.42 Å². The molecule has 0 radical (unpaired) electrons. The highest BCUT2D eigenvalue weighted by Gasteiger charge is 2.16. The van der Waals surface area contributed by atoms with Crippen molar-refractivity contribution >= 4 is 17.0 Å². The number of rotatable bonds is 6. The molecule has 148 valence electrons. The number of imidazole rings is 1. The summed E-state index contributed by atoms with van der Waals surface area (Å²) in [5.41, 5.74) is 4.52. The molecule has 1 aromatic carbocycles. The predicted molar refractivity (Wildman–Crippen MR) is 114 cm³/mol. The first-order valence-electron chi connectivity index (χ1n) is 9.70. The third-order valence-corrected chi connectivity index (χ3v) is 4.79. The van der Waals surface area contributed by atoms with Gasteiger partial charge in [0.2, 0.25) is 0 Å². The lowest BCUT2D eigenvalue weighted by Gasteiger charge is -2.11. The number of nitrogens with zero attached hydrogens (tertiary/aromatic N) is 5. The highest BCUT2D eigenvalue weighted by atomic mass is 16.3. The number of phenols is 1. The molecule has 0 fully saturated rings. The predicted octanol–water partition coefficient (Wildman–Crippen LogP) is 4.14. The molecule has 0 aliphatic rings. The number of phenolic OH excluding ortho intramolecular Hbond substituents is 1. The number of hydrogen-bond donors (Lipinski definition) is 2. The van der Waals surface area contributed by atoms with Crippen LogP contribution in [0.5, 0.6) is 5.75 Å². The highest BCUT2D eigenvalue weighted by Crippen LogP contribution is 2.25. The molecule has 0 bridgehead atoms. The Balaban J connectivity index is 1.67. The second-order valence-corrected chi connectivity index (χ2v) is 7.35. The number of aromatic nitrogens is 5. The lowest BCUT2D eigenvalue weighted by Crippen LogP contribution is -2.09. The molecule has 0 saturated carbocycles. The Bertz CT molecular complexity index is 1120. The van der Waals surface area contributed by atoms with Gasteiger partial charge in [-0.25, -0.2) is 15.0 Å². The van der Waals surface area contributed by atoms with Crippen LogP contribution >= 0.6 is 0 Å². The fraction of sp³-hybridized carbons (Fsp3) is 0.273. The molecule has 0 unspecified atom stereocenters. The fourth-order valence-electron chi connectivity index (χ4n) is 3.13. The van der Waals surface area contributed by atoms with E-state index in [-0.39, 0.29) is 11.8 Å². The van der Waals surface area contributed by atoms with E-state index < -0.39 is 0 Å². The van der Waals surface area contributed by atoms with E-state index in [0.29, 0.717) is 18.2 Å². The number of aryl methyl sites for hydroxylation is 1. The first kappa shape index (κ1) is 18.9. The number of hydrogen-bond acceptors (Lipinski definition) is 6. The smallest absolute Gasteiger partial charge is 0.166 e. The molecule has 7 nitrogen and oxygen atoms in total. The molecule has 3 heterocycles. The lowest BCUT2D eigenvalue weighted by molar-refractivity contribution is 0.475. The summed E-state index contributed by atoms with van der Waals surface area (Å²) >= 11 is 0. The maximum atomic E-state index is 9.43. The molecule has 0 amide bonds. The van der Waals surface area contributed by atoms with Crippen molar-refractivity contribution in [2.24, 2.45) is 0 Å². The molecule has 0 atom stereocenters. The third kappa shape index (κ3) is 4.03. The van der Waals surface area contributed by atoms with E-state index in [2.05, 4.69) is 29.1 Å². The first-order chi connectivity index (χ1) is 14.0. The molecule has 0 spiro atoms. The normalized spacial score (nSPS) is 11.3. The van der Waals surface area contributed by atoms with Crippen molar-refractivity contribution < 1.29 is 5.11 Å². The van der Waals surface area contributed by atoms with Crippen LogP contribution in [0.4, 0.5) is 5.82 Å². The van der Waals surface area contributed by atoms with E-state index in [1.165, 1.54) is 0 Å². The van der Waals surface area contributed by atoms with Gasteiger partial charge in [0, 0.05) is 30.0 Å². The second-order valence-electron chi connectivity index (χ2n) is 7.35. The van der Waals surface area contributed by atoms with Gasteiger partial charge in [-0.3, -0.25) is 4.98 Å². The lowest BCUT2D eigenvalue weighted by atomic mass is 10.1. The van der Waals surface area contributed by atoms with Gasteiger partial charge in [-0.2, -0.15) is 0 Å². The minimum atomic E-state index is 0.240. The van der Waals surface area contributed by atoms with Crippen molar-refractivity contribution in [1.29, 1.82) is 0 Å². The summed E-state index contributed by atoms with van der Waals surface area (Å²) < 4.78 is 2.05. The van der Waals surface area contributed by atoms with Crippen molar-refractivity contribution in [3.8, 4) is 17.1 Å². The number of nitrogens with one attached hydrogen (secondary N) is 1. The van der Waals surface area contributed by atoms with Crippen LogP contribution in [-0.4, -0.2) is 36.2 Å². The van der Waals surface area contributed by atoms with Crippen LogP contribution in [0.1, 0.15) is 31.1 Å².